The number of amides is 1. The van der Waals surface area contributed by atoms with Gasteiger partial charge in [-0.3, -0.25) is 9.59 Å². The van der Waals surface area contributed by atoms with Crippen LogP contribution < -0.4 is 5.32 Å². The lowest BCUT2D eigenvalue weighted by molar-refractivity contribution is -0.147. The van der Waals surface area contributed by atoms with Gasteiger partial charge < -0.3 is 10.1 Å². The molecule has 2 rings (SSSR count). The molecule has 1 amide bonds. The number of carbonyl (C=O) groups is 3. The Morgan fingerprint density at radius 1 is 1.38 bits per heavy atom. The summed E-state index contributed by atoms with van der Waals surface area (Å²) in [6.07, 6.45) is 1.61. The van der Waals surface area contributed by atoms with Gasteiger partial charge >= 0.3 is 5.97 Å². The number of carbonyl (C=O) groups excluding carboxylic acids is 3. The smallest absolute Gasteiger partial charge is 0.328 e. The maximum atomic E-state index is 13.6. The molecule has 5 nitrogen and oxygen atoms in total. The van der Waals surface area contributed by atoms with Crippen LogP contribution >= 0.6 is 0 Å². The van der Waals surface area contributed by atoms with E-state index in [0.717, 1.165) is 6.07 Å². The molecular weight excluding hydrogens is 320 g/mol. The molecule has 0 bridgehead atoms. The van der Waals surface area contributed by atoms with Gasteiger partial charge in [0.05, 0.1) is 13.5 Å². The van der Waals surface area contributed by atoms with E-state index in [1.54, 1.807) is 0 Å². The molecule has 0 radical (unpaired) electrons. The highest BCUT2D eigenvalue weighted by Gasteiger charge is 2.34. The fraction of sp³-hybridized carbons (Fsp3) is 0.471. The summed E-state index contributed by atoms with van der Waals surface area (Å²) < 4.78 is 31.2. The molecule has 0 heterocycles. The Morgan fingerprint density at radius 2 is 2.12 bits per heavy atom. The van der Waals surface area contributed by atoms with Crippen LogP contribution in [-0.4, -0.2) is 30.8 Å². The van der Waals surface area contributed by atoms with E-state index in [4.69, 9.17) is 4.74 Å². The Morgan fingerprint density at radius 3 is 2.75 bits per heavy atom. The van der Waals surface area contributed by atoms with E-state index < -0.39 is 29.6 Å². The molecule has 0 aliphatic heterocycles. The van der Waals surface area contributed by atoms with Crippen LogP contribution in [0, 0.1) is 17.6 Å². The van der Waals surface area contributed by atoms with Crippen molar-refractivity contribution in [3.8, 4) is 0 Å². The standard InChI is InChI=1S/C17H19F2NO4/c1-24-17(23)16(11-3-2-4-13(21)7-11)20-15(22)8-10-5-6-12(18)9-14(10)19/h5-6,9,11,16H,2-4,7-8H2,1H3,(H,20,22)/t11-,16-/m1/s1. The first-order chi connectivity index (χ1) is 11.4. The average Bonchev–Trinajstić information content (AvgIpc) is 2.54. The number of esters is 1. The first kappa shape index (κ1) is 18.0. The van der Waals surface area contributed by atoms with Gasteiger partial charge in [0.15, 0.2) is 0 Å². The van der Waals surface area contributed by atoms with Crippen molar-refractivity contribution in [2.24, 2.45) is 5.92 Å². The predicted molar refractivity (Wildman–Crippen MR) is 81.0 cm³/mol. The number of nitrogens with one attached hydrogen (secondary N) is 1. The van der Waals surface area contributed by atoms with Crippen molar-refractivity contribution < 1.29 is 27.9 Å². The summed E-state index contributed by atoms with van der Waals surface area (Å²) in [7, 11) is 1.20. The molecule has 1 saturated carbocycles. The van der Waals surface area contributed by atoms with Crippen LogP contribution in [0.2, 0.25) is 0 Å². The largest absolute Gasteiger partial charge is 0.467 e. The van der Waals surface area contributed by atoms with Crippen molar-refractivity contribution in [2.45, 2.75) is 38.1 Å². The highest BCUT2D eigenvalue weighted by molar-refractivity contribution is 5.87. The third kappa shape index (κ3) is 4.59. The van der Waals surface area contributed by atoms with Crippen molar-refractivity contribution in [1.82, 2.24) is 5.32 Å². The molecule has 1 aromatic carbocycles. The highest BCUT2D eigenvalue weighted by atomic mass is 19.1. The Balaban J connectivity index is 2.06. The minimum absolute atomic E-state index is 0.0252. The molecule has 0 unspecified atom stereocenters. The van der Waals surface area contributed by atoms with Gasteiger partial charge in [-0.15, -0.1) is 0 Å². The average molecular weight is 339 g/mol. The second kappa shape index (κ2) is 7.99. The lowest BCUT2D eigenvalue weighted by Gasteiger charge is -2.28. The third-order valence-electron chi connectivity index (χ3n) is 4.13. The minimum Gasteiger partial charge on any atom is -0.467 e. The number of halogens is 2. The molecular formula is C17H19F2NO4. The summed E-state index contributed by atoms with van der Waals surface area (Å²) in [6.45, 7) is 0. The van der Waals surface area contributed by atoms with Crippen molar-refractivity contribution in [3.63, 3.8) is 0 Å². The van der Waals surface area contributed by atoms with Gasteiger partial charge in [-0.25, -0.2) is 13.6 Å². The van der Waals surface area contributed by atoms with Gasteiger partial charge in [0.2, 0.25) is 5.91 Å². The fourth-order valence-electron chi connectivity index (χ4n) is 2.90. The van der Waals surface area contributed by atoms with E-state index in [-0.39, 0.29) is 30.1 Å². The monoisotopic (exact) mass is 339 g/mol. The van der Waals surface area contributed by atoms with Gasteiger partial charge in [-0.2, -0.15) is 0 Å². The van der Waals surface area contributed by atoms with Crippen molar-refractivity contribution in [3.05, 3.63) is 35.4 Å². The van der Waals surface area contributed by atoms with E-state index in [9.17, 15) is 23.2 Å². The van der Waals surface area contributed by atoms with Crippen LogP contribution in [0.25, 0.3) is 0 Å². The van der Waals surface area contributed by atoms with Crippen LogP contribution in [0.15, 0.2) is 18.2 Å². The zero-order chi connectivity index (χ0) is 17.7. The van der Waals surface area contributed by atoms with E-state index in [1.807, 2.05) is 0 Å². The number of benzene rings is 1. The normalized spacial score (nSPS) is 18.8. The van der Waals surface area contributed by atoms with Gasteiger partial charge in [-0.1, -0.05) is 6.07 Å². The van der Waals surface area contributed by atoms with Gasteiger partial charge in [0.1, 0.15) is 23.5 Å². The van der Waals surface area contributed by atoms with Crippen LogP contribution in [0.3, 0.4) is 0 Å². The predicted octanol–water partition coefficient (Wildman–Crippen LogP) is 1.92. The molecule has 2 atom stereocenters. The minimum atomic E-state index is -0.949. The summed E-state index contributed by atoms with van der Waals surface area (Å²) in [5.74, 6) is -3.08. The van der Waals surface area contributed by atoms with Crippen molar-refractivity contribution >= 4 is 17.7 Å². The number of hydrogen-bond donors (Lipinski definition) is 1. The zero-order valence-electron chi connectivity index (χ0n) is 13.3. The van der Waals surface area contributed by atoms with Gasteiger partial charge in [0.25, 0.3) is 0 Å². The molecule has 0 spiro atoms. The third-order valence-corrected chi connectivity index (χ3v) is 4.13. The van der Waals surface area contributed by atoms with Crippen molar-refractivity contribution in [2.75, 3.05) is 7.11 Å². The van der Waals surface area contributed by atoms with E-state index >= 15 is 0 Å². The number of Topliss-reactive ketones (excluding diaryl/α,β-unsaturated/α-hetero) is 1. The number of hydrogen-bond acceptors (Lipinski definition) is 4. The highest BCUT2D eigenvalue weighted by Crippen LogP contribution is 2.25. The summed E-state index contributed by atoms with van der Waals surface area (Å²) in [5.41, 5.74) is 0.0252. The number of rotatable bonds is 5. The molecule has 1 aliphatic carbocycles. The lowest BCUT2D eigenvalue weighted by atomic mass is 9.83. The molecule has 1 fully saturated rings. The molecule has 1 aromatic rings. The molecule has 0 saturated heterocycles. The summed E-state index contributed by atoms with van der Waals surface area (Å²) in [5, 5.41) is 2.52. The fourth-order valence-corrected chi connectivity index (χ4v) is 2.90. The quantitative estimate of drug-likeness (QED) is 0.832. The van der Waals surface area contributed by atoms with Crippen molar-refractivity contribution in [1.29, 1.82) is 0 Å². The van der Waals surface area contributed by atoms with Gasteiger partial charge in [0, 0.05) is 18.9 Å². The molecule has 0 aromatic heterocycles. The Bertz CT molecular complexity index is 647. The number of ether oxygens (including phenoxy) is 1. The van der Waals surface area contributed by atoms with Crippen LogP contribution in [0.4, 0.5) is 8.78 Å². The number of ketones is 1. The van der Waals surface area contributed by atoms with Crippen LogP contribution in [0.1, 0.15) is 31.2 Å². The SMILES string of the molecule is COC(=O)[C@H](NC(=O)Cc1ccc(F)cc1F)[C@@H]1CCCC(=O)C1. The Labute approximate surface area is 138 Å². The van der Waals surface area contributed by atoms with Crippen LogP contribution in [0.5, 0.6) is 0 Å². The van der Waals surface area contributed by atoms with E-state index in [0.29, 0.717) is 25.3 Å². The first-order valence-electron chi connectivity index (χ1n) is 7.73. The van der Waals surface area contributed by atoms with E-state index in [1.165, 1.54) is 13.2 Å². The second-order valence-corrected chi connectivity index (χ2v) is 5.88. The maximum Gasteiger partial charge on any atom is 0.328 e. The molecule has 7 heteroatoms. The molecule has 24 heavy (non-hydrogen) atoms. The number of methoxy groups -OCH3 is 1. The zero-order valence-corrected chi connectivity index (χ0v) is 13.3. The van der Waals surface area contributed by atoms with Crippen LogP contribution in [-0.2, 0) is 25.5 Å². The maximum absolute atomic E-state index is 13.6. The summed E-state index contributed by atoms with van der Waals surface area (Å²) >= 11 is 0. The lowest BCUT2D eigenvalue weighted by Crippen LogP contribution is -2.48. The Kier molecular flexibility index (Phi) is 6.00. The summed E-state index contributed by atoms with van der Waals surface area (Å²) in [4.78, 5) is 35.7. The molecule has 1 N–H and O–H groups in total. The second-order valence-electron chi connectivity index (χ2n) is 5.88. The van der Waals surface area contributed by atoms with Gasteiger partial charge in [-0.05, 0) is 30.4 Å². The molecule has 1 aliphatic rings. The topological polar surface area (TPSA) is 72.5 Å². The van der Waals surface area contributed by atoms with E-state index in [2.05, 4.69) is 5.32 Å². The Hall–Kier alpha value is -2.31. The first-order valence-corrected chi connectivity index (χ1v) is 7.73. The molecule has 130 valence electrons. The summed E-state index contributed by atoms with van der Waals surface area (Å²) in [6, 6.07) is 1.99.